The van der Waals surface area contributed by atoms with Crippen LogP contribution in [0.25, 0.3) is 11.8 Å². The first-order valence-corrected chi connectivity index (χ1v) is 9.39. The summed E-state index contributed by atoms with van der Waals surface area (Å²) in [6.45, 7) is 1.70. The van der Waals surface area contributed by atoms with Crippen molar-refractivity contribution < 1.29 is 23.8 Å². The van der Waals surface area contributed by atoms with Gasteiger partial charge < -0.3 is 19.5 Å². The third-order valence-electron chi connectivity index (χ3n) is 4.22. The van der Waals surface area contributed by atoms with E-state index in [0.717, 1.165) is 5.56 Å². The molecular weight excluding hydrogens is 400 g/mol. The number of ether oxygens (including phenoxy) is 3. The average Bonchev–Trinajstić information content (AvgIpc) is 3.28. The number of hydrogen-bond acceptors (Lipinski definition) is 7. The summed E-state index contributed by atoms with van der Waals surface area (Å²) in [6, 6.07) is 12.4. The van der Waals surface area contributed by atoms with Crippen LogP contribution in [0.1, 0.15) is 23.0 Å². The quantitative estimate of drug-likeness (QED) is 0.556. The van der Waals surface area contributed by atoms with Crippen molar-refractivity contribution in [1.82, 2.24) is 15.0 Å². The molecule has 0 aliphatic rings. The van der Waals surface area contributed by atoms with Gasteiger partial charge in [-0.2, -0.15) is 0 Å². The average molecular weight is 422 g/mol. The Morgan fingerprint density at radius 1 is 1.13 bits per heavy atom. The molecule has 0 spiro atoms. The monoisotopic (exact) mass is 422 g/mol. The van der Waals surface area contributed by atoms with Crippen LogP contribution in [0.4, 0.5) is 5.69 Å². The van der Waals surface area contributed by atoms with Crippen LogP contribution < -0.4 is 14.8 Å². The van der Waals surface area contributed by atoms with Crippen molar-refractivity contribution in [3.63, 3.8) is 0 Å². The number of anilines is 1. The van der Waals surface area contributed by atoms with Gasteiger partial charge in [-0.3, -0.25) is 4.79 Å². The van der Waals surface area contributed by atoms with Gasteiger partial charge in [-0.25, -0.2) is 9.48 Å². The first kappa shape index (κ1) is 21.6. The lowest BCUT2D eigenvalue weighted by Crippen LogP contribution is -2.21. The topological polar surface area (TPSA) is 105 Å². The fraction of sp³-hybridized carbons (Fsp3) is 0.182. The van der Waals surface area contributed by atoms with Crippen LogP contribution in [0.3, 0.4) is 0 Å². The first-order valence-electron chi connectivity index (χ1n) is 9.39. The molecule has 0 saturated heterocycles. The van der Waals surface area contributed by atoms with Gasteiger partial charge >= 0.3 is 5.97 Å². The fourth-order valence-electron chi connectivity index (χ4n) is 2.79. The molecular formula is C22H22N4O5. The highest BCUT2D eigenvalue weighted by Gasteiger charge is 2.15. The molecule has 2 aromatic carbocycles. The van der Waals surface area contributed by atoms with E-state index in [1.165, 1.54) is 18.0 Å². The molecule has 160 valence electrons. The van der Waals surface area contributed by atoms with E-state index in [1.807, 2.05) is 31.2 Å². The van der Waals surface area contributed by atoms with Gasteiger partial charge in [0.05, 0.1) is 31.8 Å². The summed E-state index contributed by atoms with van der Waals surface area (Å²) in [6.07, 6.45) is 5.28. The molecule has 9 nitrogen and oxygen atoms in total. The van der Waals surface area contributed by atoms with E-state index < -0.39 is 5.97 Å². The number of carbonyl (C=O) groups is 2. The molecule has 0 saturated carbocycles. The highest BCUT2D eigenvalue weighted by atomic mass is 16.5. The van der Waals surface area contributed by atoms with Gasteiger partial charge in [-0.1, -0.05) is 35.6 Å². The third-order valence-corrected chi connectivity index (χ3v) is 4.22. The lowest BCUT2D eigenvalue weighted by molar-refractivity contribution is -0.118. The van der Waals surface area contributed by atoms with Crippen molar-refractivity contribution in [3.8, 4) is 17.2 Å². The summed E-state index contributed by atoms with van der Waals surface area (Å²) >= 11 is 0. The Bertz CT molecular complexity index is 1110. The van der Waals surface area contributed by atoms with Gasteiger partial charge in [-0.15, -0.1) is 5.10 Å². The number of esters is 1. The predicted molar refractivity (Wildman–Crippen MR) is 115 cm³/mol. The highest BCUT2D eigenvalue weighted by Crippen LogP contribution is 2.28. The molecule has 1 aromatic heterocycles. The maximum absolute atomic E-state index is 12.5. The number of hydrogen-bond donors (Lipinski definition) is 1. The van der Waals surface area contributed by atoms with E-state index in [-0.39, 0.29) is 18.2 Å². The van der Waals surface area contributed by atoms with Gasteiger partial charge in [-0.05, 0) is 36.8 Å². The Labute approximate surface area is 179 Å². The molecule has 0 unspecified atom stereocenters. The third kappa shape index (κ3) is 5.27. The van der Waals surface area contributed by atoms with Crippen molar-refractivity contribution in [1.29, 1.82) is 0 Å². The summed E-state index contributed by atoms with van der Waals surface area (Å²) in [5.74, 6) is 0.0100. The number of benzene rings is 2. The molecule has 0 aliphatic heterocycles. The van der Waals surface area contributed by atoms with Crippen molar-refractivity contribution in [3.05, 3.63) is 66.0 Å². The first-order chi connectivity index (χ1) is 15.0. The lowest BCUT2D eigenvalue weighted by atomic mass is 10.2. The molecule has 31 heavy (non-hydrogen) atoms. The molecule has 0 fully saturated rings. The van der Waals surface area contributed by atoms with E-state index in [1.54, 1.807) is 37.4 Å². The largest absolute Gasteiger partial charge is 0.493 e. The summed E-state index contributed by atoms with van der Waals surface area (Å²) < 4.78 is 17.0. The van der Waals surface area contributed by atoms with Gasteiger partial charge in [0.25, 0.3) is 5.91 Å². The van der Waals surface area contributed by atoms with E-state index >= 15 is 0 Å². The maximum Gasteiger partial charge on any atom is 0.360 e. The summed E-state index contributed by atoms with van der Waals surface area (Å²) in [5.41, 5.74) is 2.03. The Hall–Kier alpha value is -4.14. The minimum Gasteiger partial charge on any atom is -0.493 e. The predicted octanol–water partition coefficient (Wildman–Crippen LogP) is 3.11. The SMILES string of the molecule is CC=Cc1ccc(OCC(=O)Nc2ccccc2-n2cc(C(=O)OC)nn2)c(OC)c1. The Kier molecular flexibility index (Phi) is 7.00. The van der Waals surface area contributed by atoms with Crippen LogP contribution in [-0.4, -0.2) is 47.7 Å². The highest BCUT2D eigenvalue weighted by molar-refractivity contribution is 5.94. The number of amides is 1. The fourth-order valence-corrected chi connectivity index (χ4v) is 2.79. The van der Waals surface area contributed by atoms with E-state index in [4.69, 9.17) is 9.47 Å². The second-order valence-corrected chi connectivity index (χ2v) is 6.30. The normalized spacial score (nSPS) is 10.7. The number of methoxy groups -OCH3 is 2. The molecule has 1 heterocycles. The summed E-state index contributed by atoms with van der Waals surface area (Å²) in [5, 5.41) is 10.5. The van der Waals surface area contributed by atoms with E-state index in [2.05, 4.69) is 20.4 Å². The zero-order chi connectivity index (χ0) is 22.2. The number of para-hydroxylation sites is 2. The number of nitrogens with one attached hydrogen (secondary N) is 1. The molecule has 0 aliphatic carbocycles. The van der Waals surface area contributed by atoms with Crippen molar-refractivity contribution >= 4 is 23.6 Å². The van der Waals surface area contributed by atoms with Crippen molar-refractivity contribution in [2.75, 3.05) is 26.1 Å². The number of carbonyl (C=O) groups excluding carboxylic acids is 2. The molecule has 0 atom stereocenters. The van der Waals surface area contributed by atoms with Crippen LogP contribution in [-0.2, 0) is 9.53 Å². The molecule has 9 heteroatoms. The molecule has 1 N–H and O–H groups in total. The molecule has 3 rings (SSSR count). The lowest BCUT2D eigenvalue weighted by Gasteiger charge is -2.13. The van der Waals surface area contributed by atoms with Gasteiger partial charge in [0.2, 0.25) is 0 Å². The van der Waals surface area contributed by atoms with E-state index in [9.17, 15) is 9.59 Å². The Morgan fingerprint density at radius 2 is 1.94 bits per heavy atom. The smallest absolute Gasteiger partial charge is 0.360 e. The van der Waals surface area contributed by atoms with Crippen molar-refractivity contribution in [2.45, 2.75) is 6.92 Å². The van der Waals surface area contributed by atoms with Crippen LogP contribution in [0, 0.1) is 0 Å². The number of allylic oxidation sites excluding steroid dienone is 1. The minimum absolute atomic E-state index is 0.0559. The van der Waals surface area contributed by atoms with Gasteiger partial charge in [0, 0.05) is 0 Å². The zero-order valence-electron chi connectivity index (χ0n) is 17.4. The summed E-state index contributed by atoms with van der Waals surface area (Å²) in [7, 11) is 2.80. The van der Waals surface area contributed by atoms with Crippen LogP contribution >= 0.6 is 0 Å². The van der Waals surface area contributed by atoms with Crippen LogP contribution in [0.2, 0.25) is 0 Å². The van der Waals surface area contributed by atoms with E-state index in [0.29, 0.717) is 22.9 Å². The summed E-state index contributed by atoms with van der Waals surface area (Å²) in [4.78, 5) is 24.1. The van der Waals surface area contributed by atoms with Crippen LogP contribution in [0.5, 0.6) is 11.5 Å². The van der Waals surface area contributed by atoms with Gasteiger partial charge in [0.15, 0.2) is 23.8 Å². The Morgan fingerprint density at radius 3 is 2.68 bits per heavy atom. The number of nitrogens with zero attached hydrogens (tertiary/aromatic N) is 3. The standard InChI is InChI=1S/C22H22N4O5/c1-4-7-15-10-11-19(20(12-15)29-2)31-14-21(27)23-16-8-5-6-9-18(16)26-13-17(24-25-26)22(28)30-3/h4-13H,14H2,1-3H3,(H,23,27). The second-order valence-electron chi connectivity index (χ2n) is 6.30. The van der Waals surface area contributed by atoms with Gasteiger partial charge in [0.1, 0.15) is 0 Å². The molecule has 3 aromatic rings. The number of rotatable bonds is 8. The van der Waals surface area contributed by atoms with Crippen LogP contribution in [0.15, 0.2) is 54.7 Å². The number of aromatic nitrogens is 3. The van der Waals surface area contributed by atoms with Crippen molar-refractivity contribution in [2.24, 2.45) is 0 Å². The molecule has 1 amide bonds. The maximum atomic E-state index is 12.5. The molecule has 0 radical (unpaired) electrons. The Balaban J connectivity index is 1.71. The second kappa shape index (κ2) is 10.1. The molecule has 0 bridgehead atoms. The minimum atomic E-state index is -0.601. The zero-order valence-corrected chi connectivity index (χ0v) is 17.4.